The molecule has 0 unspecified atom stereocenters. The fourth-order valence-electron chi connectivity index (χ4n) is 3.08. The first-order valence-corrected chi connectivity index (χ1v) is 10.2. The van der Waals surface area contributed by atoms with Gasteiger partial charge in [0.15, 0.2) is 0 Å². The first kappa shape index (κ1) is 22.7. The zero-order valence-corrected chi connectivity index (χ0v) is 18.0. The Balaban J connectivity index is 1.47. The zero-order valence-electron chi connectivity index (χ0n) is 18.0. The molecule has 9 heteroatoms. The Labute approximate surface area is 193 Å². The molecule has 0 aliphatic carbocycles. The maximum absolute atomic E-state index is 13.8. The van der Waals surface area contributed by atoms with Gasteiger partial charge in [0.2, 0.25) is 5.88 Å². The van der Waals surface area contributed by atoms with Crippen molar-refractivity contribution in [1.82, 2.24) is 9.78 Å². The molecule has 1 N–H and O–H groups in total. The summed E-state index contributed by atoms with van der Waals surface area (Å²) in [7, 11) is 1.59. The van der Waals surface area contributed by atoms with Gasteiger partial charge >= 0.3 is 0 Å². The smallest absolute Gasteiger partial charge is 0.271 e. The summed E-state index contributed by atoms with van der Waals surface area (Å²) in [5.74, 6) is -1.10. The Morgan fingerprint density at radius 1 is 0.971 bits per heavy atom. The number of ether oxygens (including phenoxy) is 2. The van der Waals surface area contributed by atoms with E-state index in [-0.39, 0.29) is 23.7 Å². The van der Waals surface area contributed by atoms with E-state index in [2.05, 4.69) is 10.4 Å². The van der Waals surface area contributed by atoms with Crippen molar-refractivity contribution in [1.29, 1.82) is 0 Å². The lowest BCUT2D eigenvalue weighted by Crippen LogP contribution is -2.21. The second-order valence-corrected chi connectivity index (χ2v) is 7.18. The first-order valence-electron chi connectivity index (χ1n) is 10.2. The van der Waals surface area contributed by atoms with Gasteiger partial charge in [-0.15, -0.1) is 5.10 Å². The summed E-state index contributed by atoms with van der Waals surface area (Å²) in [5, 5.41) is 6.54. The van der Waals surface area contributed by atoms with Crippen molar-refractivity contribution in [2.24, 2.45) is 0 Å². The van der Waals surface area contributed by atoms with Gasteiger partial charge in [-0.05, 0) is 54.1 Å². The molecule has 1 aromatic heterocycles. The number of nitrogens with one attached hydrogen (secondary N) is 1. The fourth-order valence-corrected chi connectivity index (χ4v) is 3.08. The standard InChI is InChI=1S/C25H19F2N3O4/c1-33-20-9-2-16(3-10-20)15-34-23-12-13-24(31)30(29-23)19-7-4-17(5-8-19)25(32)28-22-14-18(26)6-11-21(22)27/h2-14H,15H2,1H3,(H,28,32). The molecule has 172 valence electrons. The second kappa shape index (κ2) is 9.95. The van der Waals surface area contributed by atoms with Gasteiger partial charge in [0.25, 0.3) is 11.5 Å². The summed E-state index contributed by atoms with van der Waals surface area (Å²) < 4.78 is 39.0. The van der Waals surface area contributed by atoms with Gasteiger partial charge in [-0.3, -0.25) is 9.59 Å². The van der Waals surface area contributed by atoms with Crippen molar-refractivity contribution < 1.29 is 23.0 Å². The van der Waals surface area contributed by atoms with Gasteiger partial charge < -0.3 is 14.8 Å². The van der Waals surface area contributed by atoms with Crippen molar-refractivity contribution in [3.8, 4) is 17.3 Å². The van der Waals surface area contributed by atoms with Crippen LogP contribution in [0.25, 0.3) is 5.69 Å². The number of carbonyl (C=O) groups excluding carboxylic acids is 1. The van der Waals surface area contributed by atoms with E-state index in [4.69, 9.17) is 9.47 Å². The highest BCUT2D eigenvalue weighted by Gasteiger charge is 2.12. The summed E-state index contributed by atoms with van der Waals surface area (Å²) in [6.45, 7) is 0.241. The molecule has 0 atom stereocenters. The van der Waals surface area contributed by atoms with Gasteiger partial charge in [0.1, 0.15) is 24.0 Å². The third kappa shape index (κ3) is 5.26. The minimum atomic E-state index is -0.756. The predicted octanol–water partition coefficient (Wildman–Crippen LogP) is 4.35. The van der Waals surface area contributed by atoms with Crippen LogP contribution >= 0.6 is 0 Å². The molecule has 34 heavy (non-hydrogen) atoms. The summed E-state index contributed by atoms with van der Waals surface area (Å²) in [4.78, 5) is 24.7. The van der Waals surface area contributed by atoms with E-state index in [1.807, 2.05) is 24.3 Å². The monoisotopic (exact) mass is 463 g/mol. The number of hydrogen-bond donors (Lipinski definition) is 1. The van der Waals surface area contributed by atoms with Crippen molar-refractivity contribution in [2.75, 3.05) is 12.4 Å². The Bertz CT molecular complexity index is 1370. The number of halogens is 2. The van der Waals surface area contributed by atoms with Crippen LogP contribution in [0.5, 0.6) is 11.6 Å². The van der Waals surface area contributed by atoms with E-state index < -0.39 is 23.1 Å². The maximum atomic E-state index is 13.8. The molecule has 0 fully saturated rings. The topological polar surface area (TPSA) is 82.5 Å². The molecule has 1 heterocycles. The summed E-state index contributed by atoms with van der Waals surface area (Å²) in [6.07, 6.45) is 0. The van der Waals surface area contributed by atoms with Gasteiger partial charge in [0.05, 0.1) is 18.5 Å². The summed E-state index contributed by atoms with van der Waals surface area (Å²) in [6, 6.07) is 18.8. The number of carbonyl (C=O) groups is 1. The average molecular weight is 463 g/mol. The number of hydrogen-bond acceptors (Lipinski definition) is 5. The average Bonchev–Trinajstić information content (AvgIpc) is 2.86. The van der Waals surface area contributed by atoms with Crippen molar-refractivity contribution in [3.05, 3.63) is 112 Å². The van der Waals surface area contributed by atoms with Gasteiger partial charge in [-0.25, -0.2) is 8.78 Å². The Kier molecular flexibility index (Phi) is 6.63. The first-order chi connectivity index (χ1) is 16.4. The molecule has 7 nitrogen and oxygen atoms in total. The lowest BCUT2D eigenvalue weighted by molar-refractivity contribution is 0.102. The van der Waals surface area contributed by atoms with Crippen molar-refractivity contribution >= 4 is 11.6 Å². The molecule has 0 bridgehead atoms. The Morgan fingerprint density at radius 2 is 1.71 bits per heavy atom. The quantitative estimate of drug-likeness (QED) is 0.441. The highest BCUT2D eigenvalue weighted by molar-refractivity contribution is 6.04. The van der Waals surface area contributed by atoms with Gasteiger partial charge in [-0.1, -0.05) is 12.1 Å². The molecular weight excluding hydrogens is 444 g/mol. The van der Waals surface area contributed by atoms with E-state index in [1.165, 1.54) is 36.4 Å². The van der Waals surface area contributed by atoms with E-state index in [0.29, 0.717) is 5.69 Å². The SMILES string of the molecule is COc1ccc(COc2ccc(=O)n(-c3ccc(C(=O)Nc4cc(F)ccc4F)cc3)n2)cc1. The molecule has 4 aromatic rings. The molecule has 0 saturated carbocycles. The molecule has 0 aliphatic heterocycles. The van der Waals surface area contributed by atoms with Gasteiger partial charge in [-0.2, -0.15) is 4.68 Å². The molecule has 0 aliphatic rings. The number of aromatic nitrogens is 2. The van der Waals surface area contributed by atoms with Crippen LogP contribution in [0.15, 0.2) is 83.7 Å². The number of methoxy groups -OCH3 is 1. The fraction of sp³-hybridized carbons (Fsp3) is 0.0800. The molecule has 3 aromatic carbocycles. The van der Waals surface area contributed by atoms with Crippen LogP contribution in [-0.2, 0) is 6.61 Å². The normalized spacial score (nSPS) is 10.6. The maximum Gasteiger partial charge on any atom is 0.271 e. The van der Waals surface area contributed by atoms with Gasteiger partial charge in [0, 0.05) is 23.8 Å². The predicted molar refractivity (Wildman–Crippen MR) is 121 cm³/mol. The highest BCUT2D eigenvalue weighted by Crippen LogP contribution is 2.18. The third-order valence-electron chi connectivity index (χ3n) is 4.87. The van der Waals surface area contributed by atoms with E-state index in [1.54, 1.807) is 7.11 Å². The minimum absolute atomic E-state index is 0.187. The van der Waals surface area contributed by atoms with Crippen LogP contribution in [0.4, 0.5) is 14.5 Å². The number of nitrogens with zero attached hydrogens (tertiary/aromatic N) is 2. The summed E-state index contributed by atoms with van der Waals surface area (Å²) in [5.41, 5.74) is 0.815. The number of rotatable bonds is 7. The molecule has 4 rings (SSSR count). The van der Waals surface area contributed by atoms with E-state index in [0.717, 1.165) is 34.2 Å². The largest absolute Gasteiger partial charge is 0.497 e. The molecule has 1 amide bonds. The van der Waals surface area contributed by atoms with E-state index >= 15 is 0 Å². The molecule has 0 radical (unpaired) electrons. The van der Waals surface area contributed by atoms with Crippen molar-refractivity contribution in [2.45, 2.75) is 6.61 Å². The van der Waals surface area contributed by atoms with Crippen LogP contribution in [0.1, 0.15) is 15.9 Å². The summed E-state index contributed by atoms with van der Waals surface area (Å²) >= 11 is 0. The lowest BCUT2D eigenvalue weighted by atomic mass is 10.2. The molecule has 0 saturated heterocycles. The molecular formula is C25H19F2N3O4. The minimum Gasteiger partial charge on any atom is -0.497 e. The van der Waals surface area contributed by atoms with Crippen LogP contribution in [0.3, 0.4) is 0 Å². The van der Waals surface area contributed by atoms with Crippen LogP contribution in [-0.4, -0.2) is 22.8 Å². The van der Waals surface area contributed by atoms with Crippen molar-refractivity contribution in [3.63, 3.8) is 0 Å². The Morgan fingerprint density at radius 3 is 2.41 bits per heavy atom. The zero-order chi connectivity index (χ0) is 24.1. The van der Waals surface area contributed by atoms with Crippen LogP contribution < -0.4 is 20.3 Å². The molecule has 0 spiro atoms. The third-order valence-corrected chi connectivity index (χ3v) is 4.87. The second-order valence-electron chi connectivity index (χ2n) is 7.18. The van der Waals surface area contributed by atoms with Crippen LogP contribution in [0, 0.1) is 11.6 Å². The van der Waals surface area contributed by atoms with Crippen LogP contribution in [0.2, 0.25) is 0 Å². The number of anilines is 1. The number of amides is 1. The number of benzene rings is 3. The van der Waals surface area contributed by atoms with E-state index in [9.17, 15) is 18.4 Å². The Hall–Kier alpha value is -4.53. The highest BCUT2D eigenvalue weighted by atomic mass is 19.1. The lowest BCUT2D eigenvalue weighted by Gasteiger charge is -2.10.